The number of fused-ring (bicyclic) bond motifs is 2. The largest absolute Gasteiger partial charge is 0.491 e. The Bertz CT molecular complexity index is 2560. The fraction of sp³-hybridized carbons (Fsp3) is 0.362. The highest BCUT2D eigenvalue weighted by Crippen LogP contribution is 2.29. The van der Waals surface area contributed by atoms with Crippen LogP contribution in [-0.2, 0) is 43.4 Å². The van der Waals surface area contributed by atoms with E-state index in [-0.39, 0.29) is 48.6 Å². The zero-order chi connectivity index (χ0) is 47.9. The number of para-hydroxylation sites is 2. The second kappa shape index (κ2) is 27.0. The molecule has 2 aromatic carbocycles. The van der Waals surface area contributed by atoms with Gasteiger partial charge in [0.1, 0.15) is 65.8 Å². The summed E-state index contributed by atoms with van der Waals surface area (Å²) >= 11 is 0. The molecule has 22 nitrogen and oxygen atoms in total. The predicted molar refractivity (Wildman–Crippen MR) is 253 cm³/mol. The van der Waals surface area contributed by atoms with Crippen LogP contribution in [0.15, 0.2) is 97.7 Å². The van der Waals surface area contributed by atoms with Gasteiger partial charge >= 0.3 is 0 Å². The normalized spacial score (nSPS) is 11.3. The first-order chi connectivity index (χ1) is 33.9. The van der Waals surface area contributed by atoms with Gasteiger partial charge in [0.05, 0.1) is 96.2 Å². The SMILES string of the molecule is NCCOc1cc(NC(=O)c2cc(OCc3cn(CCOCCOCCOCCOCCOCCn4ccnc4)nn3)cc(C(=O)Nc3cc(OCCN)c4ccccc4n3)n2)nc2ccccc12. The first-order valence-electron chi connectivity index (χ1n) is 22.4. The van der Waals surface area contributed by atoms with Gasteiger partial charge in [-0.1, -0.05) is 29.5 Å². The number of hydrogen-bond acceptors (Lipinski definition) is 18. The Morgan fingerprint density at radius 1 is 0.580 bits per heavy atom. The van der Waals surface area contributed by atoms with Crippen LogP contribution in [0.4, 0.5) is 11.6 Å². The number of rotatable bonds is 31. The molecular weight excluding hydrogens is 893 g/mol. The monoisotopic (exact) mass is 948 g/mol. The summed E-state index contributed by atoms with van der Waals surface area (Å²) in [5.74, 6) is 0.210. The van der Waals surface area contributed by atoms with Gasteiger partial charge in [0, 0.05) is 67.1 Å². The van der Waals surface area contributed by atoms with E-state index < -0.39 is 11.8 Å². The highest BCUT2D eigenvalue weighted by atomic mass is 16.6. The van der Waals surface area contributed by atoms with E-state index in [1.807, 2.05) is 47.2 Å². The third kappa shape index (κ3) is 15.7. The van der Waals surface area contributed by atoms with E-state index in [9.17, 15) is 9.59 Å². The van der Waals surface area contributed by atoms with Crippen molar-refractivity contribution in [1.82, 2.24) is 39.5 Å². The van der Waals surface area contributed by atoms with Crippen LogP contribution in [0, 0.1) is 0 Å². The van der Waals surface area contributed by atoms with Gasteiger partial charge in [-0.25, -0.2) is 24.6 Å². The van der Waals surface area contributed by atoms with Crippen LogP contribution < -0.4 is 36.3 Å². The maximum atomic E-state index is 13.9. The molecule has 22 heteroatoms. The quantitative estimate of drug-likeness (QED) is 0.0453. The average Bonchev–Trinajstić information content (AvgIpc) is 4.07. The van der Waals surface area contributed by atoms with Crippen molar-refractivity contribution in [2.75, 3.05) is 103 Å². The Labute approximate surface area is 397 Å². The number of nitrogens with one attached hydrogen (secondary N) is 2. The number of pyridine rings is 3. The van der Waals surface area contributed by atoms with Gasteiger partial charge in [-0.2, -0.15) is 0 Å². The molecule has 0 spiro atoms. The average molecular weight is 949 g/mol. The van der Waals surface area contributed by atoms with E-state index in [0.717, 1.165) is 17.3 Å². The lowest BCUT2D eigenvalue weighted by atomic mass is 10.2. The standard InChI is InChI=1S/C47H56N12O10/c48-9-15-67-42-29-44(52-38-7-3-1-5-36(38)42)54-46(60)40-27-35(28-41(51-40)47(61)55-45-30-43(68-16-10-49)37-6-2-4-8-39(37)53-45)69-32-34-31-59(57-56-34)14-18-63-20-22-65-24-26-66-25-23-64-21-19-62-17-13-58-12-11-50-33-58/h1-8,11-12,27-31,33H,9-10,13-26,32,48-49H2,(H,52,54,60)(H,53,55,61). The Morgan fingerprint density at radius 3 is 1.59 bits per heavy atom. The number of carbonyl (C=O) groups excluding carboxylic acids is 2. The molecule has 0 aliphatic heterocycles. The second-order valence-corrected chi connectivity index (χ2v) is 14.9. The van der Waals surface area contributed by atoms with Crippen LogP contribution in [0.25, 0.3) is 21.8 Å². The van der Waals surface area contributed by atoms with Gasteiger partial charge in [-0.15, -0.1) is 5.10 Å². The predicted octanol–water partition coefficient (Wildman–Crippen LogP) is 3.51. The van der Waals surface area contributed by atoms with Gasteiger partial charge in [0.25, 0.3) is 11.8 Å². The van der Waals surface area contributed by atoms with Crippen LogP contribution in [0.1, 0.15) is 26.7 Å². The molecule has 7 aromatic rings. The highest BCUT2D eigenvalue weighted by molar-refractivity contribution is 6.07. The topological polar surface area (TPSA) is 271 Å². The smallest absolute Gasteiger partial charge is 0.275 e. The van der Waals surface area contributed by atoms with Crippen LogP contribution in [-0.4, -0.2) is 144 Å². The van der Waals surface area contributed by atoms with Gasteiger partial charge in [-0.05, 0) is 24.3 Å². The number of nitrogens with two attached hydrogens (primary N) is 2. The molecule has 69 heavy (non-hydrogen) atoms. The summed E-state index contributed by atoms with van der Waals surface area (Å²) in [5.41, 5.74) is 12.8. The molecule has 0 bridgehead atoms. The second-order valence-electron chi connectivity index (χ2n) is 14.9. The lowest BCUT2D eigenvalue weighted by Crippen LogP contribution is -2.20. The van der Waals surface area contributed by atoms with Crippen molar-refractivity contribution in [1.29, 1.82) is 0 Å². The van der Waals surface area contributed by atoms with E-state index in [2.05, 4.69) is 40.9 Å². The van der Waals surface area contributed by atoms with E-state index in [1.165, 1.54) is 12.1 Å². The molecule has 6 N–H and O–H groups in total. The van der Waals surface area contributed by atoms with Crippen LogP contribution in [0.2, 0.25) is 0 Å². The van der Waals surface area contributed by atoms with Gasteiger partial charge in [0.2, 0.25) is 0 Å². The minimum absolute atomic E-state index is 0.0425. The fourth-order valence-corrected chi connectivity index (χ4v) is 6.57. The third-order valence-corrected chi connectivity index (χ3v) is 9.83. The number of imidazole rings is 1. The highest BCUT2D eigenvalue weighted by Gasteiger charge is 2.20. The molecule has 7 rings (SSSR count). The number of anilines is 2. The first kappa shape index (κ1) is 49.7. The molecule has 0 saturated carbocycles. The number of hydrogen-bond donors (Lipinski definition) is 4. The summed E-state index contributed by atoms with van der Waals surface area (Å²) in [5, 5.41) is 15.4. The maximum absolute atomic E-state index is 13.9. The Hall–Kier alpha value is -7.18. The molecule has 0 atom stereocenters. The maximum Gasteiger partial charge on any atom is 0.275 e. The zero-order valence-corrected chi connectivity index (χ0v) is 38.1. The fourth-order valence-electron chi connectivity index (χ4n) is 6.57. The Balaban J connectivity index is 0.897. The summed E-state index contributed by atoms with van der Waals surface area (Å²) < 4.78 is 49.3. The molecular formula is C47H56N12O10. The van der Waals surface area contributed by atoms with Crippen molar-refractivity contribution in [3.05, 3.63) is 115 Å². The number of ether oxygens (including phenoxy) is 8. The van der Waals surface area contributed by atoms with Gasteiger partial charge in [0.15, 0.2) is 0 Å². The summed E-state index contributed by atoms with van der Waals surface area (Å²) in [6, 6.07) is 20.7. The molecule has 5 heterocycles. The number of nitrogens with zero attached hydrogens (tertiary/aromatic N) is 8. The van der Waals surface area contributed by atoms with E-state index in [1.54, 1.807) is 47.7 Å². The van der Waals surface area contributed by atoms with Gasteiger partial charge < -0.3 is 64.6 Å². The third-order valence-electron chi connectivity index (χ3n) is 9.83. The first-order valence-corrected chi connectivity index (χ1v) is 22.4. The van der Waals surface area contributed by atoms with Crippen molar-refractivity contribution < 1.29 is 47.5 Å². The van der Waals surface area contributed by atoms with Crippen LogP contribution in [0.3, 0.4) is 0 Å². The molecule has 0 saturated heterocycles. The Morgan fingerprint density at radius 2 is 1.09 bits per heavy atom. The van der Waals surface area contributed by atoms with Crippen LogP contribution in [0.5, 0.6) is 17.2 Å². The summed E-state index contributed by atoms with van der Waals surface area (Å²) in [6.45, 7) is 6.87. The van der Waals surface area contributed by atoms with Crippen molar-refractivity contribution in [2.24, 2.45) is 11.5 Å². The lowest BCUT2D eigenvalue weighted by Gasteiger charge is -2.13. The Kier molecular flexibility index (Phi) is 19.4. The van der Waals surface area contributed by atoms with Gasteiger partial charge in [-0.3, -0.25) is 9.59 Å². The summed E-state index contributed by atoms with van der Waals surface area (Å²) in [4.78, 5) is 45.4. The molecule has 0 aliphatic rings. The molecule has 0 radical (unpaired) electrons. The molecule has 5 aromatic heterocycles. The molecule has 0 unspecified atom stereocenters. The summed E-state index contributed by atoms with van der Waals surface area (Å²) in [7, 11) is 0. The van der Waals surface area contributed by atoms with Crippen molar-refractivity contribution in [3.63, 3.8) is 0 Å². The minimum Gasteiger partial charge on any atom is -0.491 e. The molecule has 0 aliphatic carbocycles. The molecule has 2 amide bonds. The number of carbonyl (C=O) groups is 2. The number of aromatic nitrogens is 8. The number of benzene rings is 2. The van der Waals surface area contributed by atoms with E-state index >= 15 is 0 Å². The minimum atomic E-state index is -0.662. The van der Waals surface area contributed by atoms with Crippen molar-refractivity contribution in [3.8, 4) is 17.2 Å². The van der Waals surface area contributed by atoms with E-state index in [4.69, 9.17) is 49.4 Å². The van der Waals surface area contributed by atoms with Crippen LogP contribution >= 0.6 is 0 Å². The molecule has 364 valence electrons. The molecule has 0 fully saturated rings. The van der Waals surface area contributed by atoms with Crippen molar-refractivity contribution >= 4 is 45.3 Å². The zero-order valence-electron chi connectivity index (χ0n) is 38.1. The lowest BCUT2D eigenvalue weighted by molar-refractivity contribution is -0.0120. The summed E-state index contributed by atoms with van der Waals surface area (Å²) in [6.07, 6.45) is 7.10. The number of amides is 2. The van der Waals surface area contributed by atoms with E-state index in [0.29, 0.717) is 114 Å². The van der Waals surface area contributed by atoms with Crippen molar-refractivity contribution in [2.45, 2.75) is 19.7 Å².